The average molecular weight is 443 g/mol. The zero-order valence-electron chi connectivity index (χ0n) is 18.3. The topological polar surface area (TPSA) is 68.7 Å². The molecule has 0 saturated heterocycles. The minimum atomic E-state index is -3.66. The molecule has 32 heavy (non-hydrogen) atoms. The molecule has 1 fully saturated rings. The maximum atomic E-state index is 13.3. The van der Waals surface area contributed by atoms with Crippen LogP contribution in [0.15, 0.2) is 36.4 Å². The monoisotopic (exact) mass is 443 g/mol. The van der Waals surface area contributed by atoms with Gasteiger partial charge in [0.1, 0.15) is 5.78 Å². The summed E-state index contributed by atoms with van der Waals surface area (Å²) in [7, 11) is 1.00. The van der Waals surface area contributed by atoms with E-state index in [0.29, 0.717) is 18.4 Å². The molecule has 170 valence electrons. The number of hydrogen-bond acceptors (Lipinski definition) is 5. The summed E-state index contributed by atoms with van der Waals surface area (Å²) >= 11 is 0. The molecule has 2 aromatic rings. The summed E-state index contributed by atoms with van der Waals surface area (Å²) in [4.78, 5) is 18.0. The highest BCUT2D eigenvalue weighted by Gasteiger charge is 2.52. The van der Waals surface area contributed by atoms with Gasteiger partial charge in [0.15, 0.2) is 11.5 Å². The van der Waals surface area contributed by atoms with Crippen LogP contribution >= 0.6 is 0 Å². The average Bonchev–Trinajstić information content (AvgIpc) is 3.54. The zero-order valence-corrected chi connectivity index (χ0v) is 18.3. The SMILES string of the molecule is CO.Cc1ccc(CC(=O)C2(c3ccc4c(c3)OC(F)(F)O4)CC2)nc1C1=CCCCC1. The highest BCUT2D eigenvalue weighted by atomic mass is 19.3. The Labute approximate surface area is 186 Å². The lowest BCUT2D eigenvalue weighted by Crippen LogP contribution is -2.26. The predicted molar refractivity (Wildman–Crippen MR) is 116 cm³/mol. The van der Waals surface area contributed by atoms with Crippen molar-refractivity contribution >= 4 is 11.4 Å². The summed E-state index contributed by atoms with van der Waals surface area (Å²) in [6.07, 6.45) is 4.71. The Kier molecular flexibility index (Phi) is 6.03. The Hall–Kier alpha value is -2.80. The second-order valence-electron chi connectivity index (χ2n) is 8.45. The first-order valence-electron chi connectivity index (χ1n) is 10.9. The van der Waals surface area contributed by atoms with Crippen molar-refractivity contribution in [3.8, 4) is 11.5 Å². The fourth-order valence-electron chi connectivity index (χ4n) is 4.48. The number of halogens is 2. The van der Waals surface area contributed by atoms with Crippen LogP contribution in [0.2, 0.25) is 0 Å². The Morgan fingerprint density at radius 3 is 2.53 bits per heavy atom. The summed E-state index contributed by atoms with van der Waals surface area (Å²) in [5, 5.41) is 7.00. The molecule has 5 rings (SSSR count). The maximum absolute atomic E-state index is 13.3. The first kappa shape index (κ1) is 22.4. The molecule has 1 N–H and O–H groups in total. The van der Waals surface area contributed by atoms with E-state index in [0.717, 1.165) is 36.9 Å². The fourth-order valence-corrected chi connectivity index (χ4v) is 4.48. The quantitative estimate of drug-likeness (QED) is 0.695. The van der Waals surface area contributed by atoms with Crippen LogP contribution in [0.3, 0.4) is 0 Å². The number of aromatic nitrogens is 1. The normalized spacial score (nSPS) is 19.5. The third-order valence-corrected chi connectivity index (χ3v) is 6.33. The number of aryl methyl sites for hydroxylation is 1. The van der Waals surface area contributed by atoms with Crippen LogP contribution in [0.4, 0.5) is 8.78 Å². The van der Waals surface area contributed by atoms with Gasteiger partial charge in [-0.3, -0.25) is 9.78 Å². The number of Topliss-reactive ketones (excluding diaryl/α,β-unsaturated/α-hetero) is 1. The number of alkyl halides is 2. The molecule has 3 aliphatic rings. The largest absolute Gasteiger partial charge is 0.586 e. The van der Waals surface area contributed by atoms with Crippen molar-refractivity contribution in [2.24, 2.45) is 0 Å². The van der Waals surface area contributed by atoms with Gasteiger partial charge in [-0.1, -0.05) is 18.2 Å². The van der Waals surface area contributed by atoms with Crippen LogP contribution in [0, 0.1) is 6.92 Å². The van der Waals surface area contributed by atoms with Crippen molar-refractivity contribution in [3.05, 3.63) is 58.9 Å². The number of hydrogen-bond donors (Lipinski definition) is 1. The van der Waals surface area contributed by atoms with E-state index in [-0.39, 0.29) is 23.7 Å². The highest BCUT2D eigenvalue weighted by Crippen LogP contribution is 2.52. The summed E-state index contributed by atoms with van der Waals surface area (Å²) in [6.45, 7) is 2.05. The van der Waals surface area contributed by atoms with Crippen molar-refractivity contribution in [1.29, 1.82) is 0 Å². The van der Waals surface area contributed by atoms with Crippen LogP contribution in [-0.2, 0) is 16.6 Å². The molecule has 1 aromatic carbocycles. The smallest absolute Gasteiger partial charge is 0.400 e. The van der Waals surface area contributed by atoms with Gasteiger partial charge in [0, 0.05) is 19.2 Å². The minimum absolute atomic E-state index is 0.00222. The molecule has 1 saturated carbocycles. The number of carbonyl (C=O) groups is 1. The third kappa shape index (κ3) is 4.26. The number of aliphatic hydroxyl groups excluding tert-OH is 1. The van der Waals surface area contributed by atoms with Crippen molar-refractivity contribution in [2.45, 2.75) is 63.6 Å². The number of rotatable bonds is 5. The predicted octanol–water partition coefficient (Wildman–Crippen LogP) is 5.12. The van der Waals surface area contributed by atoms with Gasteiger partial charge >= 0.3 is 6.29 Å². The van der Waals surface area contributed by atoms with Crippen molar-refractivity contribution in [3.63, 3.8) is 0 Å². The lowest BCUT2D eigenvalue weighted by atomic mass is 9.88. The van der Waals surface area contributed by atoms with E-state index in [1.54, 1.807) is 6.07 Å². The molecule has 1 aromatic heterocycles. The van der Waals surface area contributed by atoms with E-state index < -0.39 is 11.7 Å². The molecule has 0 bridgehead atoms. The second kappa shape index (κ2) is 8.62. The Bertz CT molecular complexity index is 1060. The van der Waals surface area contributed by atoms with Crippen LogP contribution in [-0.4, -0.2) is 29.3 Å². The van der Waals surface area contributed by atoms with Crippen molar-refractivity contribution in [2.75, 3.05) is 7.11 Å². The lowest BCUT2D eigenvalue weighted by Gasteiger charge is -2.17. The molecule has 2 aliphatic carbocycles. The standard InChI is InChI=1S/C24H23F2NO3.CH4O/c1-15-7-9-18(27-22(15)16-5-3-2-4-6-16)14-21(28)23(11-12-23)17-8-10-19-20(13-17)30-24(25,26)29-19;1-2/h5,7-10,13H,2-4,6,11-12,14H2,1H3;2H,1H3. The van der Waals surface area contributed by atoms with E-state index in [9.17, 15) is 13.6 Å². The van der Waals surface area contributed by atoms with E-state index in [2.05, 4.69) is 15.5 Å². The number of allylic oxidation sites excluding steroid dienone is 2. The molecule has 7 heteroatoms. The van der Waals surface area contributed by atoms with Crippen molar-refractivity contribution in [1.82, 2.24) is 4.98 Å². The molecule has 1 aliphatic heterocycles. The van der Waals surface area contributed by atoms with E-state index in [4.69, 9.17) is 10.1 Å². The van der Waals surface area contributed by atoms with Gasteiger partial charge in [-0.05, 0) is 80.3 Å². The zero-order chi connectivity index (χ0) is 22.9. The summed E-state index contributed by atoms with van der Waals surface area (Å²) in [6, 6.07) is 8.60. The van der Waals surface area contributed by atoms with Gasteiger partial charge in [-0.15, -0.1) is 8.78 Å². The summed E-state index contributed by atoms with van der Waals surface area (Å²) in [5.74, 6) is 0.0437. The molecular weight excluding hydrogens is 416 g/mol. The molecule has 0 atom stereocenters. The summed E-state index contributed by atoms with van der Waals surface area (Å²) < 4.78 is 35.7. The van der Waals surface area contributed by atoms with Gasteiger partial charge in [-0.25, -0.2) is 0 Å². The number of ketones is 1. The van der Waals surface area contributed by atoms with Gasteiger partial charge in [0.25, 0.3) is 0 Å². The molecule has 0 amide bonds. The van der Waals surface area contributed by atoms with E-state index in [1.807, 2.05) is 19.1 Å². The fraction of sp³-hybridized carbons (Fsp3) is 0.440. The third-order valence-electron chi connectivity index (χ3n) is 6.33. The number of ether oxygens (including phenoxy) is 2. The van der Waals surface area contributed by atoms with E-state index >= 15 is 0 Å². The minimum Gasteiger partial charge on any atom is -0.400 e. The number of benzene rings is 1. The summed E-state index contributed by atoms with van der Waals surface area (Å²) in [5.41, 5.74) is 4.20. The number of nitrogens with zero attached hydrogens (tertiary/aromatic N) is 1. The lowest BCUT2D eigenvalue weighted by molar-refractivity contribution is -0.286. The number of pyridine rings is 1. The van der Waals surface area contributed by atoms with Crippen molar-refractivity contribution < 1.29 is 28.2 Å². The molecule has 0 radical (unpaired) electrons. The second-order valence-corrected chi connectivity index (χ2v) is 8.45. The number of fused-ring (bicyclic) bond motifs is 1. The first-order chi connectivity index (χ1) is 15.4. The Morgan fingerprint density at radius 2 is 1.84 bits per heavy atom. The van der Waals surface area contributed by atoms with Crippen LogP contribution in [0.5, 0.6) is 11.5 Å². The maximum Gasteiger partial charge on any atom is 0.586 e. The molecule has 2 heterocycles. The first-order valence-corrected chi connectivity index (χ1v) is 10.9. The van der Waals surface area contributed by atoms with Gasteiger partial charge in [0.05, 0.1) is 11.1 Å². The molecule has 0 spiro atoms. The van der Waals surface area contributed by atoms with E-state index in [1.165, 1.54) is 30.5 Å². The van der Waals surface area contributed by atoms with Gasteiger partial charge in [-0.2, -0.15) is 0 Å². The highest BCUT2D eigenvalue weighted by molar-refractivity contribution is 5.94. The van der Waals surface area contributed by atoms with Gasteiger partial charge < -0.3 is 14.6 Å². The van der Waals surface area contributed by atoms with Crippen LogP contribution in [0.1, 0.15) is 61.0 Å². The number of aliphatic hydroxyl groups is 1. The number of carbonyl (C=O) groups excluding carboxylic acids is 1. The van der Waals surface area contributed by atoms with Gasteiger partial charge in [0.2, 0.25) is 0 Å². The van der Waals surface area contributed by atoms with Crippen LogP contribution in [0.25, 0.3) is 5.57 Å². The molecule has 5 nitrogen and oxygen atoms in total. The molecular formula is C25H27F2NO4. The Balaban J connectivity index is 0.00000119. The Morgan fingerprint density at radius 1 is 1.09 bits per heavy atom. The van der Waals surface area contributed by atoms with Crippen LogP contribution < -0.4 is 9.47 Å². The molecule has 0 unspecified atom stereocenters.